The Bertz CT molecular complexity index is 1320. The van der Waals surface area contributed by atoms with E-state index in [1.807, 2.05) is 60.7 Å². The van der Waals surface area contributed by atoms with E-state index in [4.69, 9.17) is 14.0 Å². The predicted octanol–water partition coefficient (Wildman–Crippen LogP) is 1.67. The average Bonchev–Trinajstić information content (AvgIpc) is 3.01. The standard InChI is InChI=1S/C27H33N3O6Si/c1-25(2,3)37-36-27(18-11-7-5-8-12-18,19-13-9-6-10-14-19)26-17-29(4)35-21(22(26)32)23(34-26)30-16-15-20(31)28-24(30)33/h5-16,21-23,32H,17,37H2,1-4H3,(H,28,31,33). The average molecular weight is 524 g/mol. The minimum Gasteiger partial charge on any atom is -0.407 e. The van der Waals surface area contributed by atoms with Crippen LogP contribution < -0.4 is 11.2 Å². The van der Waals surface area contributed by atoms with Crippen LogP contribution in [0.4, 0.5) is 0 Å². The second-order valence-corrected chi connectivity index (χ2v) is 13.7. The summed E-state index contributed by atoms with van der Waals surface area (Å²) in [6.45, 7) is 6.60. The number of rotatable bonds is 6. The lowest BCUT2D eigenvalue weighted by atomic mass is 9.69. The number of aliphatic hydroxyl groups excluding tert-OH is 1. The number of nitrogens with zero attached hydrogens (tertiary/aromatic N) is 2. The highest BCUT2D eigenvalue weighted by molar-refractivity contribution is 6.32. The zero-order valence-electron chi connectivity index (χ0n) is 21.5. The second kappa shape index (κ2) is 9.46. The Labute approximate surface area is 217 Å². The molecule has 0 saturated carbocycles. The van der Waals surface area contributed by atoms with E-state index in [9.17, 15) is 14.7 Å². The van der Waals surface area contributed by atoms with Crippen LogP contribution in [-0.2, 0) is 19.6 Å². The minimum atomic E-state index is -1.36. The summed E-state index contributed by atoms with van der Waals surface area (Å²) < 4.78 is 15.2. The van der Waals surface area contributed by atoms with Crippen molar-refractivity contribution >= 4 is 9.76 Å². The second-order valence-electron chi connectivity index (χ2n) is 11.0. The van der Waals surface area contributed by atoms with Crippen LogP contribution in [0.25, 0.3) is 0 Å². The summed E-state index contributed by atoms with van der Waals surface area (Å²) in [6, 6.07) is 20.8. The number of H-pyrrole nitrogens is 1. The van der Waals surface area contributed by atoms with Crippen LogP contribution in [0.15, 0.2) is 82.5 Å². The van der Waals surface area contributed by atoms with E-state index in [1.54, 1.807) is 12.1 Å². The van der Waals surface area contributed by atoms with Crippen LogP contribution in [0.1, 0.15) is 38.1 Å². The van der Waals surface area contributed by atoms with E-state index >= 15 is 0 Å². The maximum absolute atomic E-state index is 12.8. The Morgan fingerprint density at radius 1 is 1.03 bits per heavy atom. The molecule has 4 atom stereocenters. The summed E-state index contributed by atoms with van der Waals surface area (Å²) in [6.07, 6.45) is -1.72. The van der Waals surface area contributed by atoms with Gasteiger partial charge in [0.1, 0.15) is 11.7 Å². The number of aromatic amines is 1. The van der Waals surface area contributed by atoms with Crippen LogP contribution >= 0.6 is 0 Å². The summed E-state index contributed by atoms with van der Waals surface area (Å²) in [7, 11) is 0.561. The number of fused-ring (bicyclic) bond motifs is 2. The van der Waals surface area contributed by atoms with Crippen molar-refractivity contribution in [2.45, 2.75) is 55.4 Å². The lowest BCUT2D eigenvalue weighted by Crippen LogP contribution is -2.68. The number of aromatic nitrogens is 2. The number of nitrogens with one attached hydrogen (secondary N) is 1. The summed E-state index contributed by atoms with van der Waals surface area (Å²) in [5.41, 5.74) is -2.07. The first-order valence-corrected chi connectivity index (χ1v) is 13.7. The molecule has 0 aliphatic carbocycles. The molecule has 5 rings (SSSR count). The third kappa shape index (κ3) is 4.33. The normalized spacial score (nSPS) is 26.7. The number of aliphatic hydroxyl groups is 1. The van der Waals surface area contributed by atoms with Crippen molar-refractivity contribution in [3.8, 4) is 0 Å². The molecule has 1 aromatic heterocycles. The van der Waals surface area contributed by atoms with Crippen molar-refractivity contribution in [1.82, 2.24) is 14.6 Å². The van der Waals surface area contributed by atoms with Crippen molar-refractivity contribution in [1.29, 1.82) is 0 Å². The van der Waals surface area contributed by atoms with Gasteiger partial charge in [-0.3, -0.25) is 19.2 Å². The Morgan fingerprint density at radius 2 is 1.62 bits per heavy atom. The van der Waals surface area contributed by atoms with Gasteiger partial charge in [0, 0.05) is 19.3 Å². The minimum absolute atomic E-state index is 0.0687. The molecular formula is C27H33N3O6Si. The maximum Gasteiger partial charge on any atom is 0.330 e. The third-order valence-corrected chi connectivity index (χ3v) is 8.41. The predicted molar refractivity (Wildman–Crippen MR) is 141 cm³/mol. The lowest BCUT2D eigenvalue weighted by molar-refractivity contribution is -0.278. The number of likely N-dealkylation sites (N-methyl/N-ethyl adjacent to an activating group) is 1. The molecule has 3 aromatic rings. The van der Waals surface area contributed by atoms with Gasteiger partial charge < -0.3 is 14.3 Å². The molecule has 2 aliphatic rings. The molecule has 9 nitrogen and oxygen atoms in total. The van der Waals surface area contributed by atoms with Crippen LogP contribution in [0.2, 0.25) is 5.04 Å². The first-order valence-electron chi connectivity index (χ1n) is 12.4. The highest BCUT2D eigenvalue weighted by atomic mass is 28.2. The molecule has 2 aliphatic heterocycles. The monoisotopic (exact) mass is 523 g/mol. The van der Waals surface area contributed by atoms with E-state index in [1.165, 1.54) is 16.8 Å². The van der Waals surface area contributed by atoms with Gasteiger partial charge in [0.05, 0.1) is 6.54 Å². The number of benzene rings is 2. The van der Waals surface area contributed by atoms with Crippen molar-refractivity contribution in [2.75, 3.05) is 13.6 Å². The summed E-state index contributed by atoms with van der Waals surface area (Å²) in [5, 5.41) is 13.6. The fourth-order valence-corrected chi connectivity index (χ4v) is 6.68. The highest BCUT2D eigenvalue weighted by Crippen LogP contribution is 2.56. The van der Waals surface area contributed by atoms with Crippen molar-refractivity contribution in [3.05, 3.63) is 105 Å². The van der Waals surface area contributed by atoms with E-state index in [-0.39, 0.29) is 11.6 Å². The van der Waals surface area contributed by atoms with Crippen LogP contribution in [-0.4, -0.2) is 60.9 Å². The van der Waals surface area contributed by atoms with Crippen molar-refractivity contribution in [2.24, 2.45) is 0 Å². The lowest BCUT2D eigenvalue weighted by Gasteiger charge is -2.53. The first kappa shape index (κ1) is 25.8. The van der Waals surface area contributed by atoms with Crippen LogP contribution in [0.5, 0.6) is 0 Å². The van der Waals surface area contributed by atoms with Crippen molar-refractivity contribution in [3.63, 3.8) is 0 Å². The molecule has 2 saturated heterocycles. The largest absolute Gasteiger partial charge is 0.407 e. The Balaban J connectivity index is 1.78. The van der Waals surface area contributed by atoms with Crippen LogP contribution in [0.3, 0.4) is 0 Å². The van der Waals surface area contributed by atoms with Gasteiger partial charge in [-0.15, -0.1) is 0 Å². The molecule has 0 radical (unpaired) electrons. The molecule has 37 heavy (non-hydrogen) atoms. The van der Waals surface area contributed by atoms with Gasteiger partial charge >= 0.3 is 5.69 Å². The fourth-order valence-electron chi connectivity index (χ4n) is 5.45. The zero-order valence-corrected chi connectivity index (χ0v) is 22.9. The molecule has 3 heterocycles. The molecule has 2 N–H and O–H groups in total. The topological polar surface area (TPSA) is 106 Å². The Hall–Kier alpha value is -2.86. The number of ether oxygens (including phenoxy) is 1. The van der Waals surface area contributed by atoms with E-state index < -0.39 is 50.7 Å². The number of hydrogen-bond acceptors (Lipinski definition) is 7. The number of hydrogen-bond donors (Lipinski definition) is 2. The quantitative estimate of drug-likeness (QED) is 0.474. The van der Waals surface area contributed by atoms with Gasteiger partial charge in [0.25, 0.3) is 5.56 Å². The van der Waals surface area contributed by atoms with Crippen LogP contribution in [0, 0.1) is 0 Å². The van der Waals surface area contributed by atoms with Crippen molar-refractivity contribution < 1.29 is 19.1 Å². The number of hydroxylamine groups is 2. The Morgan fingerprint density at radius 3 is 2.16 bits per heavy atom. The maximum atomic E-state index is 12.8. The van der Waals surface area contributed by atoms with E-state index in [2.05, 4.69) is 25.8 Å². The summed E-state index contributed by atoms with van der Waals surface area (Å²) in [5.74, 6) is 0. The van der Waals surface area contributed by atoms with Gasteiger partial charge in [-0.1, -0.05) is 81.4 Å². The van der Waals surface area contributed by atoms with E-state index in [0.717, 1.165) is 11.1 Å². The molecule has 2 fully saturated rings. The Kier molecular flexibility index (Phi) is 6.59. The van der Waals surface area contributed by atoms with Gasteiger partial charge in [-0.2, -0.15) is 5.06 Å². The summed E-state index contributed by atoms with van der Waals surface area (Å²) >= 11 is 0. The van der Waals surface area contributed by atoms with Gasteiger partial charge in [-0.25, -0.2) is 4.79 Å². The molecular weight excluding hydrogens is 490 g/mol. The smallest absolute Gasteiger partial charge is 0.330 e. The molecule has 4 unspecified atom stereocenters. The SMILES string of the molecule is CN1CC2(C(O[SiH2]C(C)(C)C)(c3ccccc3)c3ccccc3)OC(n3ccc(=O)[nH]c3=O)C(O1)C2O. The molecule has 10 heteroatoms. The van der Waals surface area contributed by atoms with E-state index in [0.29, 0.717) is 0 Å². The highest BCUT2D eigenvalue weighted by Gasteiger charge is 2.71. The molecule has 2 bridgehead atoms. The third-order valence-electron chi connectivity index (χ3n) is 6.96. The van der Waals surface area contributed by atoms with Gasteiger partial charge in [-0.05, 0) is 16.2 Å². The van der Waals surface area contributed by atoms with Gasteiger partial charge in [0.15, 0.2) is 27.7 Å². The fraction of sp³-hybridized carbons (Fsp3) is 0.407. The summed E-state index contributed by atoms with van der Waals surface area (Å²) in [4.78, 5) is 32.9. The molecule has 0 amide bonds. The molecule has 0 spiro atoms. The molecule has 196 valence electrons. The first-order chi connectivity index (χ1) is 17.6. The zero-order chi connectivity index (χ0) is 26.4. The molecule has 2 aromatic carbocycles. The van der Waals surface area contributed by atoms with Gasteiger partial charge in [0.2, 0.25) is 0 Å².